The number of likely N-dealkylation sites (tertiary alicyclic amines) is 1. The summed E-state index contributed by atoms with van der Waals surface area (Å²) in [5.41, 5.74) is 1.45. The molecule has 3 aromatic rings. The summed E-state index contributed by atoms with van der Waals surface area (Å²) in [7, 11) is 1.58. The fraction of sp³-hybridized carbons (Fsp3) is 0.286. The summed E-state index contributed by atoms with van der Waals surface area (Å²) < 4.78 is 10.9. The molecule has 27 heavy (non-hydrogen) atoms. The second-order valence-electron chi connectivity index (χ2n) is 6.79. The minimum absolute atomic E-state index is 0.0627. The maximum absolute atomic E-state index is 13.1. The van der Waals surface area contributed by atoms with Crippen LogP contribution in [0.5, 0.6) is 17.2 Å². The van der Waals surface area contributed by atoms with E-state index in [4.69, 9.17) is 9.15 Å². The number of ether oxygens (including phenoxy) is 1. The van der Waals surface area contributed by atoms with Gasteiger partial charge in [-0.3, -0.25) is 9.69 Å². The van der Waals surface area contributed by atoms with Crippen LogP contribution in [0, 0.1) is 0 Å². The predicted molar refractivity (Wildman–Crippen MR) is 102 cm³/mol. The van der Waals surface area contributed by atoms with Gasteiger partial charge in [0.1, 0.15) is 34.5 Å². The number of hydrogen-bond donors (Lipinski definition) is 2. The van der Waals surface area contributed by atoms with Gasteiger partial charge in [0, 0.05) is 12.6 Å². The van der Waals surface area contributed by atoms with Gasteiger partial charge in [0.15, 0.2) is 0 Å². The van der Waals surface area contributed by atoms with E-state index in [2.05, 4.69) is 4.90 Å². The molecule has 2 heterocycles. The molecule has 0 atom stereocenters. The maximum Gasteiger partial charge on any atom is 0.204 e. The van der Waals surface area contributed by atoms with Crippen LogP contribution in [0.2, 0.25) is 0 Å². The smallest absolute Gasteiger partial charge is 0.204 e. The number of rotatable bonds is 4. The summed E-state index contributed by atoms with van der Waals surface area (Å²) in [6, 6.07) is 8.27. The number of phenols is 2. The van der Waals surface area contributed by atoms with Crippen LogP contribution >= 0.6 is 0 Å². The highest BCUT2D eigenvalue weighted by molar-refractivity contribution is 5.90. The van der Waals surface area contributed by atoms with Crippen molar-refractivity contribution in [1.29, 1.82) is 0 Å². The standard InChI is InChI=1S/C21H21NO5/c1-26-14-6-4-13(5-7-14)16-12-27-21-15(11-22-8-2-3-9-22)17(23)10-18(24)19(21)20(16)25/h4-7,10,12,23-24H,2-3,8-9,11H2,1H3. The van der Waals surface area contributed by atoms with Crippen LogP contribution in [0.3, 0.4) is 0 Å². The number of fused-ring (bicyclic) bond motifs is 1. The number of aromatic hydroxyl groups is 2. The Hall–Kier alpha value is -2.99. The van der Waals surface area contributed by atoms with E-state index in [9.17, 15) is 15.0 Å². The molecule has 2 aromatic carbocycles. The van der Waals surface area contributed by atoms with Gasteiger partial charge in [0.05, 0.1) is 18.2 Å². The van der Waals surface area contributed by atoms with Gasteiger partial charge in [-0.15, -0.1) is 0 Å². The minimum Gasteiger partial charge on any atom is -0.507 e. The number of nitrogens with zero attached hydrogens (tertiary/aromatic N) is 1. The molecule has 0 unspecified atom stereocenters. The van der Waals surface area contributed by atoms with Crippen molar-refractivity contribution < 1.29 is 19.4 Å². The van der Waals surface area contributed by atoms with Crippen LogP contribution in [0.25, 0.3) is 22.1 Å². The van der Waals surface area contributed by atoms with Gasteiger partial charge < -0.3 is 19.4 Å². The van der Waals surface area contributed by atoms with Gasteiger partial charge in [0.25, 0.3) is 0 Å². The summed E-state index contributed by atoms with van der Waals surface area (Å²) in [4.78, 5) is 15.3. The van der Waals surface area contributed by atoms with Crippen molar-refractivity contribution in [1.82, 2.24) is 4.90 Å². The normalized spacial score (nSPS) is 14.7. The van der Waals surface area contributed by atoms with E-state index in [0.29, 0.717) is 29.0 Å². The SMILES string of the molecule is COc1ccc(-c2coc3c(CN4CCCC4)c(O)cc(O)c3c2=O)cc1. The number of benzene rings is 2. The predicted octanol–water partition coefficient (Wildman–Crippen LogP) is 3.48. The Morgan fingerprint density at radius 3 is 2.48 bits per heavy atom. The van der Waals surface area contributed by atoms with E-state index in [1.54, 1.807) is 31.4 Å². The van der Waals surface area contributed by atoms with Crippen molar-refractivity contribution in [2.24, 2.45) is 0 Å². The number of phenolic OH excluding ortho intramolecular Hbond substituents is 2. The average Bonchev–Trinajstić information content (AvgIpc) is 3.18. The molecule has 0 spiro atoms. The zero-order valence-corrected chi connectivity index (χ0v) is 15.1. The van der Waals surface area contributed by atoms with E-state index in [1.807, 2.05) is 0 Å². The number of methoxy groups -OCH3 is 1. The third-order valence-electron chi connectivity index (χ3n) is 5.09. The van der Waals surface area contributed by atoms with Crippen molar-refractivity contribution in [3.8, 4) is 28.4 Å². The first-order valence-electron chi connectivity index (χ1n) is 8.94. The fourth-order valence-electron chi connectivity index (χ4n) is 3.61. The highest BCUT2D eigenvalue weighted by Gasteiger charge is 2.22. The zero-order valence-electron chi connectivity index (χ0n) is 15.1. The quantitative estimate of drug-likeness (QED) is 0.735. The van der Waals surface area contributed by atoms with Gasteiger partial charge in [0.2, 0.25) is 5.43 Å². The Labute approximate surface area is 156 Å². The highest BCUT2D eigenvalue weighted by Crippen LogP contribution is 2.35. The molecule has 6 heteroatoms. The fourth-order valence-corrected chi connectivity index (χ4v) is 3.61. The van der Waals surface area contributed by atoms with E-state index in [-0.39, 0.29) is 27.9 Å². The molecular formula is C21H21NO5. The van der Waals surface area contributed by atoms with Crippen LogP contribution in [0.1, 0.15) is 18.4 Å². The minimum atomic E-state index is -0.332. The van der Waals surface area contributed by atoms with Crippen molar-refractivity contribution >= 4 is 11.0 Å². The van der Waals surface area contributed by atoms with Crippen molar-refractivity contribution in [3.05, 3.63) is 52.4 Å². The molecule has 0 bridgehead atoms. The van der Waals surface area contributed by atoms with Gasteiger partial charge in [-0.1, -0.05) is 12.1 Å². The van der Waals surface area contributed by atoms with Crippen LogP contribution in [-0.2, 0) is 6.54 Å². The molecule has 0 radical (unpaired) electrons. The lowest BCUT2D eigenvalue weighted by Gasteiger charge is -2.17. The number of hydrogen-bond acceptors (Lipinski definition) is 6. The topological polar surface area (TPSA) is 83.1 Å². The van der Waals surface area contributed by atoms with E-state index < -0.39 is 0 Å². The van der Waals surface area contributed by atoms with E-state index in [1.165, 1.54) is 12.3 Å². The second kappa shape index (κ2) is 6.96. The third kappa shape index (κ3) is 3.13. The Balaban J connectivity index is 1.85. The van der Waals surface area contributed by atoms with Gasteiger partial charge in [-0.2, -0.15) is 0 Å². The molecule has 1 aliphatic rings. The van der Waals surface area contributed by atoms with Crippen molar-refractivity contribution in [2.75, 3.05) is 20.2 Å². The Bertz CT molecular complexity index is 1030. The molecule has 1 fully saturated rings. The molecule has 0 saturated carbocycles. The highest BCUT2D eigenvalue weighted by atomic mass is 16.5. The first-order chi connectivity index (χ1) is 13.1. The first kappa shape index (κ1) is 17.4. The molecule has 6 nitrogen and oxygen atoms in total. The van der Waals surface area contributed by atoms with E-state index >= 15 is 0 Å². The second-order valence-corrected chi connectivity index (χ2v) is 6.79. The monoisotopic (exact) mass is 367 g/mol. The largest absolute Gasteiger partial charge is 0.507 e. The molecule has 0 aliphatic carbocycles. The Kier molecular flexibility index (Phi) is 4.49. The Morgan fingerprint density at radius 2 is 1.81 bits per heavy atom. The molecule has 140 valence electrons. The summed E-state index contributed by atoms with van der Waals surface area (Å²) in [5, 5.41) is 20.7. The lowest BCUT2D eigenvalue weighted by Crippen LogP contribution is -2.19. The summed E-state index contributed by atoms with van der Waals surface area (Å²) in [6.07, 6.45) is 3.61. The van der Waals surface area contributed by atoms with Crippen molar-refractivity contribution in [2.45, 2.75) is 19.4 Å². The molecule has 1 aliphatic heterocycles. The van der Waals surface area contributed by atoms with Gasteiger partial charge in [-0.25, -0.2) is 0 Å². The van der Waals surface area contributed by atoms with Crippen LogP contribution < -0.4 is 10.2 Å². The third-order valence-corrected chi connectivity index (χ3v) is 5.09. The first-order valence-corrected chi connectivity index (χ1v) is 8.94. The zero-order chi connectivity index (χ0) is 19.0. The summed E-state index contributed by atoms with van der Waals surface area (Å²) >= 11 is 0. The van der Waals surface area contributed by atoms with Crippen LogP contribution in [0.4, 0.5) is 0 Å². The van der Waals surface area contributed by atoms with Gasteiger partial charge in [-0.05, 0) is 43.6 Å². The lowest BCUT2D eigenvalue weighted by atomic mass is 10.0. The van der Waals surface area contributed by atoms with Crippen LogP contribution in [-0.4, -0.2) is 35.3 Å². The lowest BCUT2D eigenvalue weighted by molar-refractivity contribution is 0.323. The van der Waals surface area contributed by atoms with Crippen LogP contribution in [0.15, 0.2) is 45.8 Å². The summed E-state index contributed by atoms with van der Waals surface area (Å²) in [5.74, 6) is 0.341. The van der Waals surface area contributed by atoms with Gasteiger partial charge >= 0.3 is 0 Å². The summed E-state index contributed by atoms with van der Waals surface area (Å²) in [6.45, 7) is 2.36. The van der Waals surface area contributed by atoms with Crippen molar-refractivity contribution in [3.63, 3.8) is 0 Å². The maximum atomic E-state index is 13.1. The molecule has 1 saturated heterocycles. The molecule has 0 amide bonds. The Morgan fingerprint density at radius 1 is 1.11 bits per heavy atom. The molecule has 1 aromatic heterocycles. The molecule has 4 rings (SSSR count). The molecule has 2 N–H and O–H groups in total. The average molecular weight is 367 g/mol. The molecular weight excluding hydrogens is 346 g/mol. The van der Waals surface area contributed by atoms with E-state index in [0.717, 1.165) is 25.9 Å².